The van der Waals surface area contributed by atoms with Crippen molar-refractivity contribution in [2.45, 2.75) is 25.8 Å². The van der Waals surface area contributed by atoms with Crippen LogP contribution < -0.4 is 21.5 Å². The molecular formula is C20H24N4O4. The lowest BCUT2D eigenvalue weighted by atomic mass is 10.00. The van der Waals surface area contributed by atoms with E-state index in [2.05, 4.69) is 5.32 Å². The number of amides is 1. The number of anilines is 1. The molecule has 0 saturated heterocycles. The van der Waals surface area contributed by atoms with Crippen molar-refractivity contribution in [1.82, 2.24) is 0 Å². The number of ether oxygens (including phenoxy) is 1. The van der Waals surface area contributed by atoms with Gasteiger partial charge in [0, 0.05) is 16.8 Å². The van der Waals surface area contributed by atoms with Crippen molar-refractivity contribution < 1.29 is 19.4 Å². The van der Waals surface area contributed by atoms with Gasteiger partial charge in [0.1, 0.15) is 11.6 Å². The maximum Gasteiger partial charge on any atom is 0.330 e. The van der Waals surface area contributed by atoms with Crippen molar-refractivity contribution in [3.8, 4) is 5.75 Å². The van der Waals surface area contributed by atoms with Crippen LogP contribution in [-0.4, -0.2) is 29.4 Å². The molecule has 0 spiro atoms. The average molecular weight is 384 g/mol. The number of aryl methyl sites for hydroxylation is 1. The number of carboxylic acids is 1. The van der Waals surface area contributed by atoms with Crippen molar-refractivity contribution in [2.75, 3.05) is 11.9 Å². The van der Waals surface area contributed by atoms with Gasteiger partial charge in [0.05, 0.1) is 0 Å². The van der Waals surface area contributed by atoms with Crippen LogP contribution in [0, 0.1) is 5.41 Å². The molecule has 1 unspecified atom stereocenters. The lowest BCUT2D eigenvalue weighted by Crippen LogP contribution is -2.24. The van der Waals surface area contributed by atoms with Crippen molar-refractivity contribution >= 4 is 23.4 Å². The number of hydrogen-bond donors (Lipinski definition) is 5. The summed E-state index contributed by atoms with van der Waals surface area (Å²) in [5.74, 6) is -1.55. The zero-order valence-corrected chi connectivity index (χ0v) is 15.6. The molecule has 2 rings (SSSR count). The normalized spacial score (nSPS) is 11.5. The van der Waals surface area contributed by atoms with Gasteiger partial charge in [-0.3, -0.25) is 10.2 Å². The Morgan fingerprint density at radius 1 is 1.18 bits per heavy atom. The Morgan fingerprint density at radius 2 is 1.86 bits per heavy atom. The van der Waals surface area contributed by atoms with Gasteiger partial charge in [-0.2, -0.15) is 0 Å². The van der Waals surface area contributed by atoms with Gasteiger partial charge in [0.2, 0.25) is 0 Å². The molecule has 0 aromatic heterocycles. The van der Waals surface area contributed by atoms with Crippen LogP contribution in [0.3, 0.4) is 0 Å². The second kappa shape index (κ2) is 9.40. The van der Waals surface area contributed by atoms with Crippen LogP contribution in [-0.2, 0) is 16.0 Å². The minimum Gasteiger partial charge on any atom is -0.483 e. The maximum atomic E-state index is 12.0. The van der Waals surface area contributed by atoms with E-state index >= 15 is 0 Å². The number of nitrogen functional groups attached to an aromatic ring is 1. The third-order valence-electron chi connectivity index (χ3n) is 4.05. The Balaban J connectivity index is 2.38. The molecule has 2 aromatic carbocycles. The first-order chi connectivity index (χ1) is 13.3. The summed E-state index contributed by atoms with van der Waals surface area (Å²) in [5, 5.41) is 20.2. The highest BCUT2D eigenvalue weighted by Gasteiger charge is 2.24. The van der Waals surface area contributed by atoms with Gasteiger partial charge < -0.3 is 26.6 Å². The van der Waals surface area contributed by atoms with Crippen LogP contribution in [0.15, 0.2) is 42.5 Å². The van der Waals surface area contributed by atoms with E-state index in [1.54, 1.807) is 36.4 Å². The molecule has 0 bridgehead atoms. The Hall–Kier alpha value is -3.55. The largest absolute Gasteiger partial charge is 0.483 e. The molecule has 8 heteroatoms. The molecule has 148 valence electrons. The molecule has 8 nitrogen and oxygen atoms in total. The summed E-state index contributed by atoms with van der Waals surface area (Å²) < 4.78 is 5.43. The fraction of sp³-hybridized carbons (Fsp3) is 0.250. The molecule has 0 radical (unpaired) electrons. The van der Waals surface area contributed by atoms with Gasteiger partial charge >= 0.3 is 5.97 Å². The van der Waals surface area contributed by atoms with E-state index in [1.807, 2.05) is 13.0 Å². The minimum absolute atomic E-state index is 0.0734. The van der Waals surface area contributed by atoms with Gasteiger partial charge in [0.15, 0.2) is 12.6 Å². The van der Waals surface area contributed by atoms with E-state index in [4.69, 9.17) is 21.6 Å². The van der Waals surface area contributed by atoms with Crippen molar-refractivity contribution in [2.24, 2.45) is 11.5 Å². The molecule has 0 saturated carbocycles. The molecule has 0 aliphatic heterocycles. The van der Waals surface area contributed by atoms with Gasteiger partial charge in [-0.25, -0.2) is 4.79 Å². The molecule has 0 fully saturated rings. The standard InChI is InChI=1S/C20H24N4O4/c1-2-3-12-4-9-16(28-11-17(21)25)15(10-12)18(20(26)27)24-14-7-5-13(6-8-14)19(22)23/h4-10,18,24H,2-3,11H2,1H3,(H2,21,25)(H3,22,23)(H,26,27). The summed E-state index contributed by atoms with van der Waals surface area (Å²) in [7, 11) is 0. The highest BCUT2D eigenvalue weighted by molar-refractivity contribution is 5.95. The summed E-state index contributed by atoms with van der Waals surface area (Å²) in [5.41, 5.74) is 13.0. The molecule has 1 atom stereocenters. The molecule has 1 amide bonds. The Bertz CT molecular complexity index is 865. The molecule has 0 heterocycles. The van der Waals surface area contributed by atoms with Gasteiger partial charge in [0.25, 0.3) is 5.91 Å². The fourth-order valence-electron chi connectivity index (χ4n) is 2.73. The molecule has 2 aromatic rings. The highest BCUT2D eigenvalue weighted by Crippen LogP contribution is 2.30. The summed E-state index contributed by atoms with van der Waals surface area (Å²) in [6.07, 6.45) is 1.68. The zero-order chi connectivity index (χ0) is 20.7. The van der Waals surface area contributed by atoms with E-state index in [1.165, 1.54) is 0 Å². The number of carbonyl (C=O) groups is 2. The van der Waals surface area contributed by atoms with Crippen LogP contribution in [0.1, 0.15) is 36.1 Å². The molecule has 0 aliphatic rings. The second-order valence-corrected chi connectivity index (χ2v) is 6.28. The van der Waals surface area contributed by atoms with Crippen molar-refractivity contribution in [3.63, 3.8) is 0 Å². The summed E-state index contributed by atoms with van der Waals surface area (Å²) in [6, 6.07) is 10.7. The minimum atomic E-state index is -1.11. The number of rotatable bonds is 10. The molecular weight excluding hydrogens is 360 g/mol. The number of carbonyl (C=O) groups excluding carboxylic acids is 1. The lowest BCUT2D eigenvalue weighted by molar-refractivity contribution is -0.138. The first kappa shape index (κ1) is 20.8. The molecule has 28 heavy (non-hydrogen) atoms. The average Bonchev–Trinajstić information content (AvgIpc) is 2.65. The number of aliphatic carboxylic acids is 1. The topological polar surface area (TPSA) is 152 Å². The van der Waals surface area contributed by atoms with E-state index in [0.29, 0.717) is 16.8 Å². The number of carboxylic acid groups (broad SMARTS) is 1. The molecule has 0 aliphatic carbocycles. The maximum absolute atomic E-state index is 12.0. The third kappa shape index (κ3) is 5.47. The summed E-state index contributed by atoms with van der Waals surface area (Å²) in [4.78, 5) is 23.0. The van der Waals surface area contributed by atoms with Crippen LogP contribution in [0.2, 0.25) is 0 Å². The monoisotopic (exact) mass is 384 g/mol. The SMILES string of the molecule is CCCc1ccc(OCC(N)=O)c(C(Nc2ccc(C(=N)N)cc2)C(=O)O)c1. The van der Waals surface area contributed by atoms with Crippen LogP contribution in [0.5, 0.6) is 5.75 Å². The van der Waals surface area contributed by atoms with E-state index < -0.39 is 17.9 Å². The number of hydrogen-bond acceptors (Lipinski definition) is 5. The lowest BCUT2D eigenvalue weighted by Gasteiger charge is -2.20. The summed E-state index contributed by atoms with van der Waals surface area (Å²) >= 11 is 0. The predicted molar refractivity (Wildman–Crippen MR) is 107 cm³/mol. The first-order valence-electron chi connectivity index (χ1n) is 8.79. The second-order valence-electron chi connectivity index (χ2n) is 6.28. The van der Waals surface area contributed by atoms with Crippen molar-refractivity contribution in [3.05, 3.63) is 59.2 Å². The van der Waals surface area contributed by atoms with Gasteiger partial charge in [-0.05, 0) is 48.4 Å². The first-order valence-corrected chi connectivity index (χ1v) is 8.79. The number of nitrogens with two attached hydrogens (primary N) is 2. The predicted octanol–water partition coefficient (Wildman–Crippen LogP) is 2.03. The highest BCUT2D eigenvalue weighted by atomic mass is 16.5. The molecule has 7 N–H and O–H groups in total. The van der Waals surface area contributed by atoms with E-state index in [-0.39, 0.29) is 18.2 Å². The van der Waals surface area contributed by atoms with Gasteiger partial charge in [-0.1, -0.05) is 19.4 Å². The Morgan fingerprint density at radius 3 is 2.39 bits per heavy atom. The quantitative estimate of drug-likeness (QED) is 0.312. The number of nitrogens with one attached hydrogen (secondary N) is 2. The van der Waals surface area contributed by atoms with E-state index in [0.717, 1.165) is 18.4 Å². The Labute approximate surface area is 163 Å². The fourth-order valence-corrected chi connectivity index (χ4v) is 2.73. The number of amidine groups is 1. The Kier molecular flexibility index (Phi) is 6.97. The smallest absolute Gasteiger partial charge is 0.330 e. The van der Waals surface area contributed by atoms with Crippen LogP contribution in [0.25, 0.3) is 0 Å². The third-order valence-corrected chi connectivity index (χ3v) is 4.05. The summed E-state index contributed by atoms with van der Waals surface area (Å²) in [6.45, 7) is 1.68. The van der Waals surface area contributed by atoms with Crippen molar-refractivity contribution in [1.29, 1.82) is 5.41 Å². The van der Waals surface area contributed by atoms with Crippen LogP contribution in [0.4, 0.5) is 5.69 Å². The number of benzene rings is 2. The van der Waals surface area contributed by atoms with E-state index in [9.17, 15) is 14.7 Å². The van der Waals surface area contributed by atoms with Crippen LogP contribution >= 0.6 is 0 Å². The van der Waals surface area contributed by atoms with Gasteiger partial charge in [-0.15, -0.1) is 0 Å². The number of primary amides is 1. The zero-order valence-electron chi connectivity index (χ0n) is 15.6.